The van der Waals surface area contributed by atoms with Crippen LogP contribution in [0.25, 0.3) is 0 Å². The van der Waals surface area contributed by atoms with Crippen LogP contribution < -0.4 is 5.32 Å². The van der Waals surface area contributed by atoms with Gasteiger partial charge in [-0.2, -0.15) is 0 Å². The minimum Gasteiger partial charge on any atom is -0.367 e. The van der Waals surface area contributed by atoms with Crippen molar-refractivity contribution >= 4 is 17.4 Å². The van der Waals surface area contributed by atoms with E-state index < -0.39 is 5.67 Å². The molecule has 1 saturated carbocycles. The zero-order chi connectivity index (χ0) is 10.0. The molecule has 0 aromatic carbocycles. The summed E-state index contributed by atoms with van der Waals surface area (Å²) < 4.78 is 13.6. The van der Waals surface area contributed by atoms with Gasteiger partial charge in [-0.05, 0) is 31.4 Å². The van der Waals surface area contributed by atoms with Crippen LogP contribution in [0.15, 0.2) is 18.2 Å². The van der Waals surface area contributed by atoms with Crippen molar-refractivity contribution in [3.8, 4) is 0 Å². The van der Waals surface area contributed by atoms with Gasteiger partial charge in [0.15, 0.2) is 0 Å². The maximum absolute atomic E-state index is 13.6. The van der Waals surface area contributed by atoms with Gasteiger partial charge in [0, 0.05) is 0 Å². The van der Waals surface area contributed by atoms with Crippen molar-refractivity contribution in [1.82, 2.24) is 4.98 Å². The van der Waals surface area contributed by atoms with Crippen molar-refractivity contribution in [2.45, 2.75) is 24.9 Å². The lowest BCUT2D eigenvalue weighted by molar-refractivity contribution is 0.0783. The van der Waals surface area contributed by atoms with E-state index in [2.05, 4.69) is 10.3 Å². The quantitative estimate of drug-likeness (QED) is 0.783. The maximum Gasteiger partial charge on any atom is 0.131 e. The third kappa shape index (κ3) is 2.15. The number of nitrogens with zero attached hydrogens (tertiary/aromatic N) is 1. The van der Waals surface area contributed by atoms with E-state index in [0.29, 0.717) is 30.4 Å². The number of nitrogens with one attached hydrogen (secondary N) is 1. The zero-order valence-corrected chi connectivity index (χ0v) is 8.52. The topological polar surface area (TPSA) is 24.9 Å². The third-order valence-electron chi connectivity index (χ3n) is 2.55. The van der Waals surface area contributed by atoms with E-state index in [1.807, 2.05) is 0 Å². The lowest BCUT2D eigenvalue weighted by Crippen LogP contribution is -2.39. The summed E-state index contributed by atoms with van der Waals surface area (Å²) in [6.07, 6.45) is 2.29. The first-order chi connectivity index (χ1) is 6.68. The van der Waals surface area contributed by atoms with Crippen molar-refractivity contribution in [2.24, 2.45) is 0 Å². The molecule has 1 N–H and O–H groups in total. The fraction of sp³-hybridized carbons (Fsp3) is 0.500. The van der Waals surface area contributed by atoms with Crippen LogP contribution in [-0.4, -0.2) is 17.2 Å². The van der Waals surface area contributed by atoms with E-state index in [0.717, 1.165) is 6.42 Å². The van der Waals surface area contributed by atoms with Gasteiger partial charge in [0.05, 0.1) is 6.54 Å². The maximum atomic E-state index is 13.6. The van der Waals surface area contributed by atoms with Gasteiger partial charge < -0.3 is 5.32 Å². The summed E-state index contributed by atoms with van der Waals surface area (Å²) in [5, 5.41) is 3.38. The highest BCUT2D eigenvalue weighted by Crippen LogP contribution is 2.35. The van der Waals surface area contributed by atoms with Crippen LogP contribution in [0, 0.1) is 0 Å². The predicted octanol–water partition coefficient (Wildman–Crippen LogP) is 3.04. The molecule has 0 amide bonds. The van der Waals surface area contributed by atoms with Crippen LogP contribution in [0.1, 0.15) is 19.3 Å². The Labute approximate surface area is 87.5 Å². The highest BCUT2D eigenvalue weighted by atomic mass is 35.5. The minimum absolute atomic E-state index is 0.334. The standard InChI is InChI=1S/C10H12ClFN2/c11-8-3-1-4-9(14-8)13-7-10(12)5-2-6-10/h1,3-4H,2,5-7H2,(H,13,14). The largest absolute Gasteiger partial charge is 0.367 e. The summed E-state index contributed by atoms with van der Waals surface area (Å²) in [6.45, 7) is 0.334. The third-order valence-corrected chi connectivity index (χ3v) is 2.76. The number of rotatable bonds is 3. The Balaban J connectivity index is 1.91. The molecule has 1 aromatic rings. The molecule has 0 aliphatic heterocycles. The van der Waals surface area contributed by atoms with E-state index in [1.165, 1.54) is 0 Å². The van der Waals surface area contributed by atoms with Gasteiger partial charge in [0.25, 0.3) is 0 Å². The summed E-state index contributed by atoms with van der Waals surface area (Å²) in [7, 11) is 0. The van der Waals surface area contributed by atoms with Gasteiger partial charge in [0.1, 0.15) is 16.6 Å². The molecule has 1 aromatic heterocycles. The Kier molecular flexibility index (Phi) is 2.59. The van der Waals surface area contributed by atoms with Gasteiger partial charge in [-0.1, -0.05) is 17.7 Å². The van der Waals surface area contributed by atoms with Crippen molar-refractivity contribution < 1.29 is 4.39 Å². The molecule has 76 valence electrons. The smallest absolute Gasteiger partial charge is 0.131 e. The van der Waals surface area contributed by atoms with Gasteiger partial charge in [-0.3, -0.25) is 0 Å². The second-order valence-electron chi connectivity index (χ2n) is 3.70. The average Bonchev–Trinajstić information content (AvgIpc) is 2.12. The molecule has 0 radical (unpaired) electrons. The Morgan fingerprint density at radius 3 is 2.86 bits per heavy atom. The number of hydrogen-bond acceptors (Lipinski definition) is 2. The van der Waals surface area contributed by atoms with Gasteiger partial charge in [-0.15, -0.1) is 0 Å². The monoisotopic (exact) mass is 214 g/mol. The first kappa shape index (κ1) is 9.71. The second kappa shape index (κ2) is 3.73. The highest BCUT2D eigenvalue weighted by molar-refractivity contribution is 6.29. The molecule has 0 unspecified atom stereocenters. The Morgan fingerprint density at radius 2 is 2.29 bits per heavy atom. The lowest BCUT2D eigenvalue weighted by atomic mass is 9.82. The summed E-state index contributed by atoms with van der Waals surface area (Å²) in [5.74, 6) is 0.640. The number of halogens is 2. The number of hydrogen-bond donors (Lipinski definition) is 1. The molecule has 0 saturated heterocycles. The Hall–Kier alpha value is -0.830. The molecule has 0 atom stereocenters. The first-order valence-corrected chi connectivity index (χ1v) is 5.11. The second-order valence-corrected chi connectivity index (χ2v) is 4.09. The molecule has 4 heteroatoms. The van der Waals surface area contributed by atoms with E-state index in [4.69, 9.17) is 11.6 Å². The number of pyridine rings is 1. The molecule has 2 nitrogen and oxygen atoms in total. The minimum atomic E-state index is -1.02. The van der Waals surface area contributed by atoms with Gasteiger partial charge in [0.2, 0.25) is 0 Å². The Morgan fingerprint density at radius 1 is 1.50 bits per heavy atom. The van der Waals surface area contributed by atoms with Crippen molar-refractivity contribution in [3.63, 3.8) is 0 Å². The van der Waals surface area contributed by atoms with Crippen LogP contribution in [-0.2, 0) is 0 Å². The van der Waals surface area contributed by atoms with Crippen LogP contribution in [0.4, 0.5) is 10.2 Å². The normalized spacial score (nSPS) is 18.7. The average molecular weight is 215 g/mol. The van der Waals surface area contributed by atoms with Crippen LogP contribution in [0.2, 0.25) is 5.15 Å². The summed E-state index contributed by atoms with van der Waals surface area (Å²) in [4.78, 5) is 4.02. The number of aromatic nitrogens is 1. The molecule has 1 aliphatic rings. The fourth-order valence-electron chi connectivity index (χ4n) is 1.49. The van der Waals surface area contributed by atoms with E-state index >= 15 is 0 Å². The molecule has 1 aliphatic carbocycles. The molecule has 1 fully saturated rings. The SMILES string of the molecule is FC1(CNc2cccc(Cl)n2)CCC1. The predicted molar refractivity (Wildman–Crippen MR) is 55.4 cm³/mol. The molecule has 14 heavy (non-hydrogen) atoms. The van der Waals surface area contributed by atoms with Crippen molar-refractivity contribution in [2.75, 3.05) is 11.9 Å². The number of alkyl halides is 1. The van der Waals surface area contributed by atoms with Crippen molar-refractivity contribution in [1.29, 1.82) is 0 Å². The number of anilines is 1. The Bertz CT molecular complexity index is 326. The summed E-state index contributed by atoms with van der Waals surface area (Å²) in [5.41, 5.74) is -1.02. The summed E-state index contributed by atoms with van der Waals surface area (Å²) >= 11 is 5.70. The van der Waals surface area contributed by atoms with Crippen LogP contribution in [0.5, 0.6) is 0 Å². The molecule has 0 spiro atoms. The van der Waals surface area contributed by atoms with E-state index in [9.17, 15) is 4.39 Å². The first-order valence-electron chi connectivity index (χ1n) is 4.73. The molecule has 0 bridgehead atoms. The zero-order valence-electron chi connectivity index (χ0n) is 7.76. The van der Waals surface area contributed by atoms with E-state index in [1.54, 1.807) is 18.2 Å². The molecule has 1 heterocycles. The summed E-state index contributed by atoms with van der Waals surface area (Å²) in [6, 6.07) is 5.28. The molecule has 2 rings (SSSR count). The van der Waals surface area contributed by atoms with Crippen LogP contribution in [0.3, 0.4) is 0 Å². The lowest BCUT2D eigenvalue weighted by Gasteiger charge is -2.33. The van der Waals surface area contributed by atoms with E-state index in [-0.39, 0.29) is 0 Å². The fourth-order valence-corrected chi connectivity index (χ4v) is 1.66. The van der Waals surface area contributed by atoms with Gasteiger partial charge >= 0.3 is 0 Å². The highest BCUT2D eigenvalue weighted by Gasteiger charge is 2.36. The van der Waals surface area contributed by atoms with Gasteiger partial charge in [-0.25, -0.2) is 9.37 Å². The van der Waals surface area contributed by atoms with Crippen LogP contribution >= 0.6 is 11.6 Å². The molecular weight excluding hydrogens is 203 g/mol. The van der Waals surface area contributed by atoms with Crippen molar-refractivity contribution in [3.05, 3.63) is 23.4 Å². The molecular formula is C10H12ClFN2.